The molecule has 0 aliphatic carbocycles. The summed E-state index contributed by atoms with van der Waals surface area (Å²) in [6.45, 7) is 3.03. The van der Waals surface area contributed by atoms with Gasteiger partial charge < -0.3 is 4.74 Å². The Morgan fingerprint density at radius 1 is 1.15 bits per heavy atom. The highest BCUT2D eigenvalue weighted by atomic mass is 19.4. The van der Waals surface area contributed by atoms with Crippen molar-refractivity contribution in [3.63, 3.8) is 0 Å². The van der Waals surface area contributed by atoms with Crippen LogP contribution in [0.2, 0.25) is 0 Å². The Bertz CT molecular complexity index is 495. The lowest BCUT2D eigenvalue weighted by Crippen LogP contribution is -2.49. The molecule has 0 saturated heterocycles. The highest BCUT2D eigenvalue weighted by Crippen LogP contribution is 2.21. The average Bonchev–Trinajstić information content (AvgIpc) is 2.34. The molecule has 0 unspecified atom stereocenters. The number of para-hydroxylation sites is 1. The summed E-state index contributed by atoms with van der Waals surface area (Å²) in [5.74, 6) is -2.67. The maximum atomic E-state index is 11.9. The van der Waals surface area contributed by atoms with E-state index in [1.807, 2.05) is 0 Å². The van der Waals surface area contributed by atoms with Crippen LogP contribution in [0, 0.1) is 13.8 Å². The van der Waals surface area contributed by atoms with Crippen LogP contribution in [-0.2, 0) is 9.59 Å². The van der Waals surface area contributed by atoms with Crippen LogP contribution in [0.4, 0.5) is 13.2 Å². The number of carbonyl (C=O) groups is 2. The first-order chi connectivity index (χ1) is 9.21. The minimum atomic E-state index is -5.05. The SMILES string of the molecule is Cc1cccc(C)c1OCC(=O)NNC(=O)C(F)(F)F. The second-order valence-corrected chi connectivity index (χ2v) is 4.01. The topological polar surface area (TPSA) is 67.4 Å². The molecule has 5 nitrogen and oxygen atoms in total. The van der Waals surface area contributed by atoms with Gasteiger partial charge in [-0.3, -0.25) is 20.4 Å². The zero-order valence-corrected chi connectivity index (χ0v) is 10.8. The molecule has 1 aromatic rings. The molecule has 8 heteroatoms. The summed E-state index contributed by atoms with van der Waals surface area (Å²) in [5, 5.41) is 0. The van der Waals surface area contributed by atoms with Crippen molar-refractivity contribution in [2.75, 3.05) is 6.61 Å². The van der Waals surface area contributed by atoms with Crippen molar-refractivity contribution in [1.29, 1.82) is 0 Å². The molecule has 1 aromatic carbocycles. The van der Waals surface area contributed by atoms with E-state index in [1.54, 1.807) is 37.5 Å². The summed E-state index contributed by atoms with van der Waals surface area (Å²) in [7, 11) is 0. The lowest BCUT2D eigenvalue weighted by atomic mass is 10.1. The van der Waals surface area contributed by atoms with E-state index < -0.39 is 24.6 Å². The number of hydrogen-bond acceptors (Lipinski definition) is 3. The van der Waals surface area contributed by atoms with Gasteiger partial charge in [0.15, 0.2) is 6.61 Å². The van der Waals surface area contributed by atoms with Crippen molar-refractivity contribution >= 4 is 11.8 Å². The molecule has 0 heterocycles. The Kier molecular flexibility index (Phi) is 4.95. The molecule has 0 fully saturated rings. The standard InChI is InChI=1S/C12H13F3N2O3/c1-7-4-3-5-8(2)10(7)20-6-9(18)16-17-11(19)12(13,14)15/h3-5H,6H2,1-2H3,(H,16,18)(H,17,19). The number of carbonyl (C=O) groups excluding carboxylic acids is 2. The van der Waals surface area contributed by atoms with Crippen molar-refractivity contribution in [1.82, 2.24) is 10.9 Å². The molecular weight excluding hydrogens is 277 g/mol. The normalized spacial score (nSPS) is 10.8. The lowest BCUT2D eigenvalue weighted by Gasteiger charge is -2.12. The molecule has 20 heavy (non-hydrogen) atoms. The predicted octanol–water partition coefficient (Wildman–Crippen LogP) is 1.39. The van der Waals surface area contributed by atoms with Gasteiger partial charge in [0.2, 0.25) is 0 Å². The quantitative estimate of drug-likeness (QED) is 0.827. The number of amides is 2. The molecule has 2 N–H and O–H groups in total. The first-order valence-electron chi connectivity index (χ1n) is 5.57. The van der Waals surface area contributed by atoms with Crippen molar-refractivity contribution in [2.45, 2.75) is 20.0 Å². The first kappa shape index (κ1) is 15.8. The molecule has 0 radical (unpaired) electrons. The summed E-state index contributed by atoms with van der Waals surface area (Å²) in [6, 6.07) is 5.35. The monoisotopic (exact) mass is 290 g/mol. The molecule has 0 atom stereocenters. The molecule has 110 valence electrons. The molecule has 0 saturated carbocycles. The largest absolute Gasteiger partial charge is 0.483 e. The van der Waals surface area contributed by atoms with Crippen LogP contribution in [-0.4, -0.2) is 24.6 Å². The van der Waals surface area contributed by atoms with Crippen LogP contribution in [0.5, 0.6) is 5.75 Å². The van der Waals surface area contributed by atoms with E-state index in [2.05, 4.69) is 0 Å². The van der Waals surface area contributed by atoms with Crippen LogP contribution >= 0.6 is 0 Å². The number of nitrogens with one attached hydrogen (secondary N) is 2. The van der Waals surface area contributed by atoms with Crippen molar-refractivity contribution in [3.8, 4) is 5.75 Å². The smallest absolute Gasteiger partial charge is 0.472 e. The van der Waals surface area contributed by atoms with Gasteiger partial charge in [-0.2, -0.15) is 13.2 Å². The molecular formula is C12H13F3N2O3. The van der Waals surface area contributed by atoms with E-state index in [4.69, 9.17) is 4.74 Å². The highest BCUT2D eigenvalue weighted by molar-refractivity contribution is 5.85. The van der Waals surface area contributed by atoms with Gasteiger partial charge in [0, 0.05) is 0 Å². The second kappa shape index (κ2) is 6.27. The molecule has 0 bridgehead atoms. The minimum absolute atomic E-state index is 0.477. The summed E-state index contributed by atoms with van der Waals surface area (Å²) >= 11 is 0. The summed E-state index contributed by atoms with van der Waals surface area (Å²) in [5.41, 5.74) is 4.44. The van der Waals surface area contributed by atoms with E-state index in [0.717, 1.165) is 11.1 Å². The number of halogens is 3. The molecule has 0 spiro atoms. The van der Waals surface area contributed by atoms with Gasteiger partial charge in [0.25, 0.3) is 5.91 Å². The average molecular weight is 290 g/mol. The maximum Gasteiger partial charge on any atom is 0.472 e. The third-order valence-corrected chi connectivity index (χ3v) is 2.33. The highest BCUT2D eigenvalue weighted by Gasteiger charge is 2.38. The van der Waals surface area contributed by atoms with Crippen molar-refractivity contribution < 1.29 is 27.5 Å². The minimum Gasteiger partial charge on any atom is -0.483 e. The predicted molar refractivity (Wildman–Crippen MR) is 63.8 cm³/mol. The van der Waals surface area contributed by atoms with Crippen LogP contribution in [0.3, 0.4) is 0 Å². The van der Waals surface area contributed by atoms with E-state index in [1.165, 1.54) is 5.43 Å². The van der Waals surface area contributed by atoms with Gasteiger partial charge in [0.1, 0.15) is 5.75 Å². The second-order valence-electron chi connectivity index (χ2n) is 4.01. The number of benzene rings is 1. The number of alkyl halides is 3. The summed E-state index contributed by atoms with van der Waals surface area (Å²) < 4.78 is 40.8. The van der Waals surface area contributed by atoms with Gasteiger partial charge in [-0.15, -0.1) is 0 Å². The van der Waals surface area contributed by atoms with Gasteiger partial charge >= 0.3 is 12.1 Å². The molecule has 0 aliphatic rings. The Morgan fingerprint density at radius 3 is 2.20 bits per heavy atom. The van der Waals surface area contributed by atoms with Gasteiger partial charge in [0.05, 0.1) is 0 Å². The number of hydrogen-bond donors (Lipinski definition) is 2. The Labute approximate surface area is 113 Å². The fourth-order valence-electron chi connectivity index (χ4n) is 1.40. The molecule has 0 aliphatic heterocycles. The van der Waals surface area contributed by atoms with E-state index in [-0.39, 0.29) is 0 Å². The lowest BCUT2D eigenvalue weighted by molar-refractivity contribution is -0.175. The van der Waals surface area contributed by atoms with Crippen LogP contribution in [0.1, 0.15) is 11.1 Å². The molecule has 1 rings (SSSR count). The maximum absolute atomic E-state index is 11.9. The Morgan fingerprint density at radius 2 is 1.70 bits per heavy atom. The Balaban J connectivity index is 2.47. The number of rotatable bonds is 3. The van der Waals surface area contributed by atoms with Crippen LogP contribution in [0.15, 0.2) is 18.2 Å². The van der Waals surface area contributed by atoms with Crippen LogP contribution in [0.25, 0.3) is 0 Å². The van der Waals surface area contributed by atoms with Gasteiger partial charge in [-0.25, -0.2) is 0 Å². The third kappa shape index (κ3) is 4.45. The summed E-state index contributed by atoms with van der Waals surface area (Å²) in [6.07, 6.45) is -5.05. The van der Waals surface area contributed by atoms with Crippen molar-refractivity contribution in [2.24, 2.45) is 0 Å². The van der Waals surface area contributed by atoms with Crippen LogP contribution < -0.4 is 15.6 Å². The molecule has 2 amide bonds. The van der Waals surface area contributed by atoms with Crippen molar-refractivity contribution in [3.05, 3.63) is 29.3 Å². The fraction of sp³-hybridized carbons (Fsp3) is 0.333. The summed E-state index contributed by atoms with van der Waals surface area (Å²) in [4.78, 5) is 21.7. The fourth-order valence-corrected chi connectivity index (χ4v) is 1.40. The third-order valence-electron chi connectivity index (χ3n) is 2.33. The zero-order chi connectivity index (χ0) is 15.3. The van der Waals surface area contributed by atoms with E-state index in [9.17, 15) is 22.8 Å². The van der Waals surface area contributed by atoms with E-state index >= 15 is 0 Å². The van der Waals surface area contributed by atoms with Gasteiger partial charge in [-0.1, -0.05) is 18.2 Å². The van der Waals surface area contributed by atoms with E-state index in [0.29, 0.717) is 5.75 Å². The number of hydrazine groups is 1. The number of ether oxygens (including phenoxy) is 1. The molecule has 0 aromatic heterocycles. The number of aryl methyl sites for hydroxylation is 2. The zero-order valence-electron chi connectivity index (χ0n) is 10.8. The van der Waals surface area contributed by atoms with Gasteiger partial charge in [-0.05, 0) is 25.0 Å². The first-order valence-corrected chi connectivity index (χ1v) is 5.57. The Hall–Kier alpha value is -2.25.